The van der Waals surface area contributed by atoms with Gasteiger partial charge in [-0.15, -0.1) is 0 Å². The van der Waals surface area contributed by atoms with E-state index < -0.39 is 9.85 Å². The first-order valence-corrected chi connectivity index (χ1v) is 7.84. The number of rotatable bonds is 8. The fourth-order valence-electron chi connectivity index (χ4n) is 2.06. The highest BCUT2D eigenvalue weighted by Gasteiger charge is 2.04. The van der Waals surface area contributed by atoms with E-state index >= 15 is 0 Å². The van der Waals surface area contributed by atoms with Crippen LogP contribution >= 0.6 is 0 Å². The highest BCUT2D eigenvalue weighted by atomic mass is 16.6. The van der Waals surface area contributed by atoms with E-state index in [-0.39, 0.29) is 11.4 Å². The summed E-state index contributed by atoms with van der Waals surface area (Å²) in [5.74, 6) is 0. The van der Waals surface area contributed by atoms with Gasteiger partial charge in [-0.05, 0) is 35.4 Å². The van der Waals surface area contributed by atoms with Crippen LogP contribution in [0.1, 0.15) is 11.1 Å². The lowest BCUT2D eigenvalue weighted by atomic mass is 10.2. The normalized spacial score (nSPS) is 11.0. The van der Waals surface area contributed by atoms with Crippen LogP contribution in [0.25, 0.3) is 0 Å². The van der Waals surface area contributed by atoms with E-state index in [4.69, 9.17) is 0 Å². The van der Waals surface area contributed by atoms with Gasteiger partial charge in [0.05, 0.1) is 22.3 Å². The molecule has 0 N–H and O–H groups in total. The second-order valence-corrected chi connectivity index (χ2v) is 5.64. The third kappa shape index (κ3) is 6.20. The van der Waals surface area contributed by atoms with Crippen molar-refractivity contribution in [2.75, 3.05) is 20.8 Å². The quantitative estimate of drug-likeness (QED) is 0.305. The van der Waals surface area contributed by atoms with E-state index in [9.17, 15) is 20.2 Å². The molecule has 0 amide bonds. The number of hydrazone groups is 2. The summed E-state index contributed by atoms with van der Waals surface area (Å²) in [5.41, 5.74) is 1.54. The van der Waals surface area contributed by atoms with E-state index in [1.165, 1.54) is 24.3 Å². The molecule has 10 nitrogen and oxygen atoms in total. The van der Waals surface area contributed by atoms with Gasteiger partial charge in [-0.1, -0.05) is 0 Å². The minimum atomic E-state index is -0.453. The molecule has 2 aromatic rings. The lowest BCUT2D eigenvalue weighted by Crippen LogP contribution is -2.26. The van der Waals surface area contributed by atoms with Crippen molar-refractivity contribution in [1.29, 1.82) is 0 Å². The Morgan fingerprint density at radius 2 is 1.11 bits per heavy atom. The lowest BCUT2D eigenvalue weighted by molar-refractivity contribution is -0.385. The van der Waals surface area contributed by atoms with Crippen LogP contribution in [0, 0.1) is 20.2 Å². The molecule has 0 atom stereocenters. The van der Waals surface area contributed by atoms with Crippen molar-refractivity contribution < 1.29 is 9.85 Å². The maximum atomic E-state index is 10.6. The Bertz CT molecular complexity index is 777. The van der Waals surface area contributed by atoms with Crippen LogP contribution in [0.2, 0.25) is 0 Å². The fraction of sp³-hybridized carbons (Fsp3) is 0.176. The topological polar surface area (TPSA) is 117 Å². The summed E-state index contributed by atoms with van der Waals surface area (Å²) in [6.45, 7) is 0.396. The van der Waals surface area contributed by atoms with Gasteiger partial charge in [-0.2, -0.15) is 10.2 Å². The summed E-state index contributed by atoms with van der Waals surface area (Å²) >= 11 is 0. The Morgan fingerprint density at radius 1 is 0.778 bits per heavy atom. The predicted molar refractivity (Wildman–Crippen MR) is 102 cm³/mol. The van der Waals surface area contributed by atoms with Gasteiger partial charge in [0.15, 0.2) is 0 Å². The van der Waals surface area contributed by atoms with Gasteiger partial charge in [0.2, 0.25) is 0 Å². The molecule has 27 heavy (non-hydrogen) atoms. The van der Waals surface area contributed by atoms with Gasteiger partial charge in [-0.3, -0.25) is 30.2 Å². The molecule has 0 heterocycles. The van der Waals surface area contributed by atoms with Crippen molar-refractivity contribution in [2.45, 2.75) is 0 Å². The minimum Gasteiger partial charge on any atom is -0.279 e. The van der Waals surface area contributed by atoms with Crippen molar-refractivity contribution in [2.24, 2.45) is 10.2 Å². The molecule has 0 radical (unpaired) electrons. The molecule has 0 aliphatic carbocycles. The third-order valence-corrected chi connectivity index (χ3v) is 3.42. The zero-order valence-corrected chi connectivity index (χ0v) is 14.8. The summed E-state index contributed by atoms with van der Waals surface area (Å²) in [7, 11) is 3.53. The summed E-state index contributed by atoms with van der Waals surface area (Å²) in [4.78, 5) is 20.3. The van der Waals surface area contributed by atoms with Gasteiger partial charge < -0.3 is 0 Å². The van der Waals surface area contributed by atoms with Crippen LogP contribution in [0.5, 0.6) is 0 Å². The van der Waals surface area contributed by atoms with Crippen molar-refractivity contribution in [1.82, 2.24) is 10.0 Å². The molecular weight excluding hydrogens is 352 g/mol. The molecule has 0 spiro atoms. The molecule has 0 aliphatic heterocycles. The van der Waals surface area contributed by atoms with E-state index in [0.717, 1.165) is 11.1 Å². The molecule has 140 valence electrons. The van der Waals surface area contributed by atoms with E-state index in [0.29, 0.717) is 6.67 Å². The van der Waals surface area contributed by atoms with E-state index in [1.54, 1.807) is 60.8 Å². The van der Waals surface area contributed by atoms with Crippen molar-refractivity contribution in [3.05, 3.63) is 79.9 Å². The zero-order valence-electron chi connectivity index (χ0n) is 14.8. The van der Waals surface area contributed by atoms with Gasteiger partial charge in [0.25, 0.3) is 11.4 Å². The van der Waals surface area contributed by atoms with Crippen LogP contribution in [0.3, 0.4) is 0 Å². The first kappa shape index (κ1) is 19.5. The molecule has 0 unspecified atom stereocenters. The second-order valence-electron chi connectivity index (χ2n) is 5.64. The molecule has 2 rings (SSSR count). The molecule has 0 fully saturated rings. The average Bonchev–Trinajstić information content (AvgIpc) is 2.65. The number of hydrogen-bond donors (Lipinski definition) is 0. The fourth-order valence-corrected chi connectivity index (χ4v) is 2.06. The van der Waals surface area contributed by atoms with Gasteiger partial charge in [0.1, 0.15) is 6.67 Å². The Balaban J connectivity index is 1.87. The summed E-state index contributed by atoms with van der Waals surface area (Å²) in [6.07, 6.45) is 3.19. The molecule has 0 aliphatic rings. The minimum absolute atomic E-state index is 0.0285. The number of nitrogens with zero attached hydrogens (tertiary/aromatic N) is 6. The maximum absolute atomic E-state index is 10.6. The number of hydrogen-bond acceptors (Lipinski definition) is 8. The highest BCUT2D eigenvalue weighted by Crippen LogP contribution is 2.11. The van der Waals surface area contributed by atoms with E-state index in [2.05, 4.69) is 10.2 Å². The largest absolute Gasteiger partial charge is 0.279 e. The van der Waals surface area contributed by atoms with Crippen LogP contribution in [0.15, 0.2) is 58.7 Å². The van der Waals surface area contributed by atoms with Gasteiger partial charge in [0, 0.05) is 38.4 Å². The van der Waals surface area contributed by atoms with E-state index in [1.807, 2.05) is 0 Å². The summed E-state index contributed by atoms with van der Waals surface area (Å²) in [5, 5.41) is 33.0. The number of nitro groups is 2. The molecular formula is C17H18N6O4. The Hall–Kier alpha value is -3.82. The van der Waals surface area contributed by atoms with Crippen molar-refractivity contribution in [3.63, 3.8) is 0 Å². The average molecular weight is 370 g/mol. The first-order valence-electron chi connectivity index (χ1n) is 7.84. The van der Waals surface area contributed by atoms with Crippen molar-refractivity contribution in [3.8, 4) is 0 Å². The standard InChI is InChI=1S/C17H18N6O4/c1-20(18-11-14-3-7-16(8-4-14)22(24)25)13-21(2)19-12-15-5-9-17(10-6-15)23(26)27/h3-12H,13H2,1-2H3. The Kier molecular flexibility index (Phi) is 6.53. The zero-order chi connectivity index (χ0) is 19.8. The Labute approximate surface area is 155 Å². The van der Waals surface area contributed by atoms with Gasteiger partial charge >= 0.3 is 0 Å². The molecule has 10 heteroatoms. The SMILES string of the molecule is CN(CN(C)N=Cc1ccc([N+](=O)[O-])cc1)N=Cc1ccc([N+](=O)[O-])cc1. The summed E-state index contributed by atoms with van der Waals surface area (Å²) in [6, 6.07) is 12.1. The first-order chi connectivity index (χ1) is 12.8. The second kappa shape index (κ2) is 9.04. The molecule has 0 saturated carbocycles. The number of nitro benzene ring substituents is 2. The summed E-state index contributed by atoms with van der Waals surface area (Å²) < 4.78 is 0. The predicted octanol–water partition coefficient (Wildman–Crippen LogP) is 2.69. The smallest absolute Gasteiger partial charge is 0.269 e. The van der Waals surface area contributed by atoms with Crippen LogP contribution < -0.4 is 0 Å². The monoisotopic (exact) mass is 370 g/mol. The molecule has 2 aromatic carbocycles. The third-order valence-electron chi connectivity index (χ3n) is 3.42. The highest BCUT2D eigenvalue weighted by molar-refractivity contribution is 5.80. The molecule has 0 bridgehead atoms. The lowest BCUT2D eigenvalue weighted by Gasteiger charge is -2.19. The van der Waals surface area contributed by atoms with Crippen LogP contribution in [-0.2, 0) is 0 Å². The maximum Gasteiger partial charge on any atom is 0.269 e. The van der Waals surface area contributed by atoms with Crippen LogP contribution in [-0.4, -0.2) is 53.1 Å². The van der Waals surface area contributed by atoms with Crippen LogP contribution in [0.4, 0.5) is 11.4 Å². The molecule has 0 aromatic heterocycles. The van der Waals surface area contributed by atoms with Gasteiger partial charge in [-0.25, -0.2) is 0 Å². The van der Waals surface area contributed by atoms with Crippen molar-refractivity contribution >= 4 is 23.8 Å². The number of non-ortho nitro benzene ring substituents is 2. The number of benzene rings is 2. The Morgan fingerprint density at radius 3 is 1.41 bits per heavy atom. The molecule has 0 saturated heterocycles.